The summed E-state index contributed by atoms with van der Waals surface area (Å²) < 4.78 is 44.0. The minimum absolute atomic E-state index is 0.120. The molecule has 0 aliphatic carbocycles. The summed E-state index contributed by atoms with van der Waals surface area (Å²) in [5.41, 5.74) is -1.11. The van der Waals surface area contributed by atoms with Crippen molar-refractivity contribution in [1.82, 2.24) is 9.78 Å². The van der Waals surface area contributed by atoms with E-state index in [-0.39, 0.29) is 17.2 Å². The van der Waals surface area contributed by atoms with E-state index in [0.717, 1.165) is 23.0 Å². The van der Waals surface area contributed by atoms with Crippen molar-refractivity contribution in [2.45, 2.75) is 6.18 Å². The van der Waals surface area contributed by atoms with E-state index in [1.54, 1.807) is 0 Å². The minimum atomic E-state index is -4.50. The maximum Gasteiger partial charge on any atom is 0.416 e. The molecule has 1 heterocycles. The second-order valence-corrected chi connectivity index (χ2v) is 3.92. The number of carbonyl (C=O) groups is 1. The molecule has 0 amide bonds. The Hall–Kier alpha value is -2.51. The van der Waals surface area contributed by atoms with Crippen LogP contribution >= 0.6 is 0 Å². The molecule has 0 fully saturated rings. The Bertz CT molecular complexity index is 650. The number of carboxylic acid groups (broad SMARTS) is 1. The van der Waals surface area contributed by atoms with Crippen molar-refractivity contribution in [2.75, 3.05) is 0 Å². The average Bonchev–Trinajstić information content (AvgIpc) is 2.70. The monoisotopic (exact) mass is 286 g/mol. The van der Waals surface area contributed by atoms with Gasteiger partial charge >= 0.3 is 12.1 Å². The highest BCUT2D eigenvalue weighted by Crippen LogP contribution is 2.33. The lowest BCUT2D eigenvalue weighted by Crippen LogP contribution is -2.05. The number of aromatic carboxylic acids is 1. The molecule has 0 radical (unpaired) electrons. The van der Waals surface area contributed by atoms with E-state index in [9.17, 15) is 18.0 Å². The van der Waals surface area contributed by atoms with Gasteiger partial charge in [-0.05, 0) is 18.2 Å². The largest absolute Gasteiger partial charge is 0.477 e. The SMILES string of the molecule is Cn1ncc(C(=O)O)c1Oc1cccc(C(F)(F)F)c1. The maximum absolute atomic E-state index is 12.6. The smallest absolute Gasteiger partial charge is 0.416 e. The molecule has 5 nitrogen and oxygen atoms in total. The van der Waals surface area contributed by atoms with Crippen molar-refractivity contribution >= 4 is 5.97 Å². The predicted octanol–water partition coefficient (Wildman–Crippen LogP) is 2.93. The third kappa shape index (κ3) is 2.73. The molecule has 8 heteroatoms. The van der Waals surface area contributed by atoms with E-state index in [2.05, 4.69) is 5.10 Å². The molecule has 1 aromatic heterocycles. The van der Waals surface area contributed by atoms with Gasteiger partial charge in [-0.1, -0.05) is 6.07 Å². The van der Waals surface area contributed by atoms with E-state index >= 15 is 0 Å². The number of alkyl halides is 3. The number of benzene rings is 1. The first-order valence-electron chi connectivity index (χ1n) is 5.39. The number of aromatic nitrogens is 2. The lowest BCUT2D eigenvalue weighted by Gasteiger charge is -2.10. The molecule has 0 bridgehead atoms. The van der Waals surface area contributed by atoms with Gasteiger partial charge in [-0.25, -0.2) is 9.48 Å². The van der Waals surface area contributed by atoms with Crippen LogP contribution in [0.5, 0.6) is 11.6 Å². The van der Waals surface area contributed by atoms with Crippen molar-refractivity contribution in [1.29, 1.82) is 0 Å². The van der Waals surface area contributed by atoms with Crippen molar-refractivity contribution in [3.8, 4) is 11.6 Å². The summed E-state index contributed by atoms with van der Waals surface area (Å²) >= 11 is 0. The van der Waals surface area contributed by atoms with Crippen LogP contribution in [0.25, 0.3) is 0 Å². The fourth-order valence-electron chi connectivity index (χ4n) is 1.54. The molecule has 0 aliphatic heterocycles. The zero-order valence-electron chi connectivity index (χ0n) is 10.2. The van der Waals surface area contributed by atoms with Crippen LogP contribution in [0.1, 0.15) is 15.9 Å². The highest BCUT2D eigenvalue weighted by atomic mass is 19.4. The van der Waals surface area contributed by atoms with Crippen LogP contribution in [0.3, 0.4) is 0 Å². The van der Waals surface area contributed by atoms with Gasteiger partial charge in [0.25, 0.3) is 0 Å². The molecular formula is C12H9F3N2O3. The van der Waals surface area contributed by atoms with E-state index in [1.807, 2.05) is 0 Å². The van der Waals surface area contributed by atoms with Crippen LogP contribution in [0.15, 0.2) is 30.5 Å². The molecule has 106 valence electrons. The quantitative estimate of drug-likeness (QED) is 0.942. The van der Waals surface area contributed by atoms with Gasteiger partial charge in [-0.3, -0.25) is 0 Å². The molecule has 0 saturated heterocycles. The second kappa shape index (κ2) is 4.87. The molecule has 0 aliphatic rings. The zero-order valence-corrected chi connectivity index (χ0v) is 10.2. The predicted molar refractivity (Wildman–Crippen MR) is 61.7 cm³/mol. The Morgan fingerprint density at radius 1 is 1.40 bits per heavy atom. The van der Waals surface area contributed by atoms with Crippen LogP contribution in [-0.2, 0) is 13.2 Å². The summed E-state index contributed by atoms with van der Waals surface area (Å²) in [4.78, 5) is 10.9. The summed E-state index contributed by atoms with van der Waals surface area (Å²) in [7, 11) is 1.43. The first kappa shape index (κ1) is 13.9. The molecule has 1 N–H and O–H groups in total. The van der Waals surface area contributed by atoms with E-state index in [4.69, 9.17) is 9.84 Å². The highest BCUT2D eigenvalue weighted by molar-refractivity contribution is 5.90. The Kier molecular flexibility index (Phi) is 3.39. The number of aryl methyl sites for hydroxylation is 1. The van der Waals surface area contributed by atoms with Crippen molar-refractivity contribution in [3.63, 3.8) is 0 Å². The van der Waals surface area contributed by atoms with Crippen molar-refractivity contribution in [3.05, 3.63) is 41.6 Å². The average molecular weight is 286 g/mol. The van der Waals surface area contributed by atoms with Gasteiger partial charge in [0.2, 0.25) is 5.88 Å². The first-order valence-corrected chi connectivity index (χ1v) is 5.39. The van der Waals surface area contributed by atoms with Crippen LogP contribution < -0.4 is 4.74 Å². The Balaban J connectivity index is 2.36. The molecule has 0 spiro atoms. The third-order valence-corrected chi connectivity index (χ3v) is 2.49. The molecule has 1 aromatic carbocycles. The van der Waals surface area contributed by atoms with Crippen LogP contribution in [0.2, 0.25) is 0 Å². The van der Waals surface area contributed by atoms with Gasteiger partial charge in [-0.15, -0.1) is 0 Å². The second-order valence-electron chi connectivity index (χ2n) is 3.92. The zero-order chi connectivity index (χ0) is 14.9. The summed E-state index contributed by atoms with van der Waals surface area (Å²) in [6.45, 7) is 0. The summed E-state index contributed by atoms with van der Waals surface area (Å²) in [5.74, 6) is -1.54. The Labute approximate surface area is 111 Å². The van der Waals surface area contributed by atoms with Crippen LogP contribution in [0, 0.1) is 0 Å². The van der Waals surface area contributed by atoms with E-state index < -0.39 is 17.7 Å². The standard InChI is InChI=1S/C12H9F3N2O3/c1-17-10(9(6-16-17)11(18)19)20-8-4-2-3-7(5-8)12(13,14)15/h2-6H,1H3,(H,18,19). The normalized spacial score (nSPS) is 11.4. The van der Waals surface area contributed by atoms with Crippen LogP contribution in [-0.4, -0.2) is 20.9 Å². The maximum atomic E-state index is 12.6. The van der Waals surface area contributed by atoms with E-state index in [1.165, 1.54) is 19.2 Å². The number of rotatable bonds is 3. The van der Waals surface area contributed by atoms with Crippen molar-refractivity contribution in [2.24, 2.45) is 7.05 Å². The molecule has 0 saturated carbocycles. The topological polar surface area (TPSA) is 64.4 Å². The van der Waals surface area contributed by atoms with Gasteiger partial charge < -0.3 is 9.84 Å². The third-order valence-electron chi connectivity index (χ3n) is 2.49. The van der Waals surface area contributed by atoms with Gasteiger partial charge in [0, 0.05) is 7.05 Å². The molecular weight excluding hydrogens is 277 g/mol. The molecule has 20 heavy (non-hydrogen) atoms. The number of ether oxygens (including phenoxy) is 1. The number of carboxylic acids is 1. The van der Waals surface area contributed by atoms with E-state index in [0.29, 0.717) is 0 Å². The van der Waals surface area contributed by atoms with Gasteiger partial charge in [0.1, 0.15) is 11.3 Å². The molecule has 0 unspecified atom stereocenters. The van der Waals surface area contributed by atoms with Crippen LogP contribution in [0.4, 0.5) is 13.2 Å². The summed E-state index contributed by atoms with van der Waals surface area (Å²) in [6, 6.07) is 4.16. The Morgan fingerprint density at radius 2 is 2.10 bits per heavy atom. The van der Waals surface area contributed by atoms with Gasteiger partial charge in [-0.2, -0.15) is 18.3 Å². The first-order chi connectivity index (χ1) is 9.29. The minimum Gasteiger partial charge on any atom is -0.477 e. The summed E-state index contributed by atoms with van der Waals surface area (Å²) in [6.07, 6.45) is -3.44. The number of nitrogens with zero attached hydrogens (tertiary/aromatic N) is 2. The van der Waals surface area contributed by atoms with Crippen molar-refractivity contribution < 1.29 is 27.8 Å². The fourth-order valence-corrected chi connectivity index (χ4v) is 1.54. The number of hydrogen-bond donors (Lipinski definition) is 1. The highest BCUT2D eigenvalue weighted by Gasteiger charge is 2.30. The lowest BCUT2D eigenvalue weighted by atomic mass is 10.2. The fraction of sp³-hybridized carbons (Fsp3) is 0.167. The lowest BCUT2D eigenvalue weighted by molar-refractivity contribution is -0.137. The number of hydrogen-bond acceptors (Lipinski definition) is 3. The Morgan fingerprint density at radius 3 is 2.70 bits per heavy atom. The summed E-state index contributed by atoms with van der Waals surface area (Å²) in [5, 5.41) is 12.6. The molecule has 2 aromatic rings. The molecule has 2 rings (SSSR count). The molecule has 0 atom stereocenters. The van der Waals surface area contributed by atoms with Gasteiger partial charge in [0.15, 0.2) is 0 Å². The van der Waals surface area contributed by atoms with Gasteiger partial charge in [0.05, 0.1) is 11.8 Å². The number of halogens is 3.